The highest BCUT2D eigenvalue weighted by Gasteiger charge is 2.35. The van der Waals surface area contributed by atoms with Crippen LogP contribution in [0.25, 0.3) is 0 Å². The molecule has 3 heteroatoms. The molecule has 0 aromatic heterocycles. The number of carbonyl (C=O) groups excluding carboxylic acids is 1. The smallest absolute Gasteiger partial charge is 0.234 e. The second-order valence-corrected chi connectivity index (χ2v) is 4.89. The van der Waals surface area contributed by atoms with Crippen molar-refractivity contribution in [2.45, 2.75) is 33.6 Å². The predicted molar refractivity (Wildman–Crippen MR) is 76.7 cm³/mol. The van der Waals surface area contributed by atoms with E-state index in [1.54, 1.807) is 4.90 Å². The zero-order chi connectivity index (χ0) is 13.8. The lowest BCUT2D eigenvalue weighted by Crippen LogP contribution is -2.46. The number of hydrogen-bond acceptors (Lipinski definition) is 2. The van der Waals surface area contributed by atoms with Crippen LogP contribution in [0.5, 0.6) is 0 Å². The SMILES string of the molecule is CCC(CC)(CN)C(=O)N(C)c1ccc(C)cc1. The number of hydrogen-bond donors (Lipinski definition) is 1. The van der Waals surface area contributed by atoms with Crippen LogP contribution in [0.15, 0.2) is 24.3 Å². The van der Waals surface area contributed by atoms with Gasteiger partial charge in [-0.1, -0.05) is 31.5 Å². The van der Waals surface area contributed by atoms with Gasteiger partial charge in [-0.15, -0.1) is 0 Å². The van der Waals surface area contributed by atoms with Gasteiger partial charge < -0.3 is 10.6 Å². The van der Waals surface area contributed by atoms with Crippen molar-refractivity contribution >= 4 is 11.6 Å². The first kappa shape index (κ1) is 14.7. The first-order valence-corrected chi connectivity index (χ1v) is 6.55. The van der Waals surface area contributed by atoms with Crippen LogP contribution < -0.4 is 10.6 Å². The molecule has 0 saturated heterocycles. The maximum absolute atomic E-state index is 12.6. The van der Waals surface area contributed by atoms with E-state index >= 15 is 0 Å². The zero-order valence-corrected chi connectivity index (χ0v) is 11.9. The van der Waals surface area contributed by atoms with Gasteiger partial charge in [-0.05, 0) is 31.9 Å². The molecule has 0 saturated carbocycles. The van der Waals surface area contributed by atoms with Crippen LogP contribution in [0.4, 0.5) is 5.69 Å². The predicted octanol–water partition coefficient (Wildman–Crippen LogP) is 2.72. The molecule has 1 aromatic carbocycles. The summed E-state index contributed by atoms with van der Waals surface area (Å²) >= 11 is 0. The summed E-state index contributed by atoms with van der Waals surface area (Å²) in [6.45, 7) is 6.48. The normalized spacial score (nSPS) is 11.4. The van der Waals surface area contributed by atoms with Gasteiger partial charge in [0.1, 0.15) is 0 Å². The summed E-state index contributed by atoms with van der Waals surface area (Å²) < 4.78 is 0. The fraction of sp³-hybridized carbons (Fsp3) is 0.533. The molecule has 3 nitrogen and oxygen atoms in total. The average molecular weight is 248 g/mol. The molecule has 0 bridgehead atoms. The molecule has 0 fully saturated rings. The number of anilines is 1. The highest BCUT2D eigenvalue weighted by Crippen LogP contribution is 2.29. The monoisotopic (exact) mass is 248 g/mol. The topological polar surface area (TPSA) is 46.3 Å². The number of amides is 1. The van der Waals surface area contributed by atoms with Gasteiger partial charge in [0.25, 0.3) is 0 Å². The van der Waals surface area contributed by atoms with Crippen molar-refractivity contribution in [3.05, 3.63) is 29.8 Å². The Kier molecular flexibility index (Phi) is 4.91. The summed E-state index contributed by atoms with van der Waals surface area (Å²) in [6.07, 6.45) is 1.55. The molecule has 0 heterocycles. The van der Waals surface area contributed by atoms with Gasteiger partial charge >= 0.3 is 0 Å². The molecule has 1 aromatic rings. The quantitative estimate of drug-likeness (QED) is 0.871. The first-order valence-electron chi connectivity index (χ1n) is 6.55. The Morgan fingerprint density at radius 1 is 1.22 bits per heavy atom. The van der Waals surface area contributed by atoms with E-state index < -0.39 is 5.41 Å². The number of rotatable bonds is 5. The van der Waals surface area contributed by atoms with Crippen molar-refractivity contribution in [3.63, 3.8) is 0 Å². The van der Waals surface area contributed by atoms with E-state index in [0.29, 0.717) is 6.54 Å². The average Bonchev–Trinajstić information content (AvgIpc) is 2.41. The van der Waals surface area contributed by atoms with Gasteiger partial charge in [-0.3, -0.25) is 4.79 Å². The molecule has 0 aliphatic carbocycles. The summed E-state index contributed by atoms with van der Waals surface area (Å²) in [7, 11) is 1.82. The minimum Gasteiger partial charge on any atom is -0.329 e. The number of aryl methyl sites for hydroxylation is 1. The van der Waals surface area contributed by atoms with E-state index in [-0.39, 0.29) is 5.91 Å². The number of nitrogens with two attached hydrogens (primary N) is 1. The molecule has 0 unspecified atom stereocenters. The Bertz CT molecular complexity index is 385. The third-order valence-electron chi connectivity index (χ3n) is 3.92. The molecule has 100 valence electrons. The molecule has 0 atom stereocenters. The minimum absolute atomic E-state index is 0.110. The van der Waals surface area contributed by atoms with E-state index in [1.807, 2.05) is 52.1 Å². The Labute approximate surface area is 110 Å². The maximum Gasteiger partial charge on any atom is 0.234 e. The van der Waals surface area contributed by atoms with Crippen molar-refractivity contribution in [2.24, 2.45) is 11.1 Å². The number of benzene rings is 1. The van der Waals surface area contributed by atoms with E-state index in [9.17, 15) is 4.79 Å². The zero-order valence-electron chi connectivity index (χ0n) is 11.9. The second kappa shape index (κ2) is 6.01. The van der Waals surface area contributed by atoms with Gasteiger partial charge in [-0.2, -0.15) is 0 Å². The Balaban J connectivity index is 2.99. The van der Waals surface area contributed by atoms with Gasteiger partial charge in [0, 0.05) is 19.3 Å². The van der Waals surface area contributed by atoms with E-state index in [1.165, 1.54) is 5.56 Å². The van der Waals surface area contributed by atoms with E-state index in [2.05, 4.69) is 0 Å². The molecular formula is C15H24N2O. The molecule has 2 N–H and O–H groups in total. The van der Waals surface area contributed by atoms with Crippen molar-refractivity contribution < 1.29 is 4.79 Å². The Morgan fingerprint density at radius 3 is 2.11 bits per heavy atom. The van der Waals surface area contributed by atoms with E-state index in [0.717, 1.165) is 18.5 Å². The van der Waals surface area contributed by atoms with Gasteiger partial charge in [0.2, 0.25) is 5.91 Å². The fourth-order valence-electron chi connectivity index (χ4n) is 2.17. The Hall–Kier alpha value is -1.35. The van der Waals surface area contributed by atoms with Gasteiger partial charge in [0.15, 0.2) is 0 Å². The third kappa shape index (κ3) is 2.72. The molecule has 18 heavy (non-hydrogen) atoms. The number of nitrogens with zero attached hydrogens (tertiary/aromatic N) is 1. The summed E-state index contributed by atoms with van der Waals surface area (Å²) in [5, 5.41) is 0. The summed E-state index contributed by atoms with van der Waals surface area (Å²) in [5.74, 6) is 0.110. The van der Waals surface area contributed by atoms with Crippen molar-refractivity contribution in [1.82, 2.24) is 0 Å². The maximum atomic E-state index is 12.6. The molecule has 0 radical (unpaired) electrons. The highest BCUT2D eigenvalue weighted by molar-refractivity contribution is 5.97. The standard InChI is InChI=1S/C15H24N2O/c1-5-15(6-2,11-16)14(18)17(4)13-9-7-12(3)8-10-13/h7-10H,5-6,11,16H2,1-4H3. The van der Waals surface area contributed by atoms with Crippen molar-refractivity contribution in [3.8, 4) is 0 Å². The van der Waals surface area contributed by atoms with Crippen LogP contribution in [-0.4, -0.2) is 19.5 Å². The number of carbonyl (C=O) groups is 1. The molecule has 0 aliphatic heterocycles. The lowest BCUT2D eigenvalue weighted by Gasteiger charge is -2.33. The second-order valence-electron chi connectivity index (χ2n) is 4.89. The molecule has 1 rings (SSSR count). The van der Waals surface area contributed by atoms with Crippen LogP contribution >= 0.6 is 0 Å². The lowest BCUT2D eigenvalue weighted by atomic mass is 9.81. The van der Waals surface area contributed by atoms with Crippen LogP contribution in [0, 0.1) is 12.3 Å². The Morgan fingerprint density at radius 2 is 1.72 bits per heavy atom. The summed E-state index contributed by atoms with van der Waals surface area (Å²) in [6, 6.07) is 7.97. The van der Waals surface area contributed by atoms with E-state index in [4.69, 9.17) is 5.73 Å². The highest BCUT2D eigenvalue weighted by atomic mass is 16.2. The van der Waals surface area contributed by atoms with Crippen LogP contribution in [0.3, 0.4) is 0 Å². The van der Waals surface area contributed by atoms with Crippen molar-refractivity contribution in [2.75, 3.05) is 18.5 Å². The fourth-order valence-corrected chi connectivity index (χ4v) is 2.17. The van der Waals surface area contributed by atoms with Crippen LogP contribution in [-0.2, 0) is 4.79 Å². The molecular weight excluding hydrogens is 224 g/mol. The largest absolute Gasteiger partial charge is 0.329 e. The summed E-state index contributed by atoms with van der Waals surface area (Å²) in [4.78, 5) is 14.3. The molecule has 1 amide bonds. The lowest BCUT2D eigenvalue weighted by molar-refractivity contribution is -0.127. The van der Waals surface area contributed by atoms with Crippen LogP contribution in [0.2, 0.25) is 0 Å². The minimum atomic E-state index is -0.431. The van der Waals surface area contributed by atoms with Crippen molar-refractivity contribution in [1.29, 1.82) is 0 Å². The third-order valence-corrected chi connectivity index (χ3v) is 3.92. The van der Waals surface area contributed by atoms with Gasteiger partial charge in [-0.25, -0.2) is 0 Å². The summed E-state index contributed by atoms with van der Waals surface area (Å²) in [5.41, 5.74) is 7.50. The molecule has 0 spiro atoms. The molecule has 0 aliphatic rings. The van der Waals surface area contributed by atoms with Crippen LogP contribution in [0.1, 0.15) is 32.3 Å². The first-order chi connectivity index (χ1) is 8.50. The van der Waals surface area contributed by atoms with Gasteiger partial charge in [0.05, 0.1) is 5.41 Å².